The van der Waals surface area contributed by atoms with Crippen LogP contribution in [-0.4, -0.2) is 19.0 Å². The van der Waals surface area contributed by atoms with Gasteiger partial charge in [0.05, 0.1) is 18.2 Å². The van der Waals surface area contributed by atoms with Crippen molar-refractivity contribution in [2.24, 2.45) is 5.92 Å². The van der Waals surface area contributed by atoms with Crippen LogP contribution in [0.3, 0.4) is 0 Å². The van der Waals surface area contributed by atoms with E-state index in [9.17, 15) is 22.8 Å². The molecule has 4 nitrogen and oxygen atoms in total. The summed E-state index contributed by atoms with van der Waals surface area (Å²) < 4.78 is 43.7. The fourth-order valence-electron chi connectivity index (χ4n) is 2.75. The van der Waals surface area contributed by atoms with Gasteiger partial charge in [0.25, 0.3) is 0 Å². The molecule has 1 N–H and O–H groups in total. The Kier molecular flexibility index (Phi) is 5.28. The lowest BCUT2D eigenvalue weighted by atomic mass is 9.88. The van der Waals surface area contributed by atoms with Gasteiger partial charge in [0.1, 0.15) is 0 Å². The first-order valence-corrected chi connectivity index (χ1v) is 7.43. The number of amides is 1. The number of hydrogen-bond acceptors (Lipinski definition) is 3. The Morgan fingerprint density at radius 3 is 2.39 bits per heavy atom. The van der Waals surface area contributed by atoms with Crippen LogP contribution in [0.2, 0.25) is 0 Å². The molecular formula is C16H18F3NO3. The summed E-state index contributed by atoms with van der Waals surface area (Å²) in [6, 6.07) is 3.07. The number of hydrogen-bond donors (Lipinski definition) is 1. The maximum atomic E-state index is 13.1. The maximum Gasteiger partial charge on any atom is 0.417 e. The Labute approximate surface area is 132 Å². The Morgan fingerprint density at radius 2 is 1.83 bits per heavy atom. The summed E-state index contributed by atoms with van der Waals surface area (Å²) in [4.78, 5) is 23.6. The van der Waals surface area contributed by atoms with E-state index in [4.69, 9.17) is 0 Å². The molecule has 0 bridgehead atoms. The number of anilines is 1. The van der Waals surface area contributed by atoms with Crippen molar-refractivity contribution < 1.29 is 27.5 Å². The summed E-state index contributed by atoms with van der Waals surface area (Å²) in [5, 5.41) is 2.52. The van der Waals surface area contributed by atoms with Gasteiger partial charge in [-0.05, 0) is 31.0 Å². The predicted molar refractivity (Wildman–Crippen MR) is 78.0 cm³/mol. The lowest BCUT2D eigenvalue weighted by Crippen LogP contribution is -2.25. The van der Waals surface area contributed by atoms with E-state index in [0.29, 0.717) is 0 Å². The van der Waals surface area contributed by atoms with Crippen LogP contribution in [0, 0.1) is 5.92 Å². The third-order valence-electron chi connectivity index (χ3n) is 3.97. The van der Waals surface area contributed by atoms with Crippen molar-refractivity contribution in [1.29, 1.82) is 0 Å². The van der Waals surface area contributed by atoms with Crippen LogP contribution in [0.1, 0.15) is 48.0 Å². The minimum Gasteiger partial charge on any atom is -0.465 e. The standard InChI is InChI=1S/C16H18F3NO3/c1-23-15(22)12-8-7-11(9-13(12)16(17,18)19)20-14(21)10-5-3-2-4-6-10/h7-10H,2-6H2,1H3,(H,20,21). The highest BCUT2D eigenvalue weighted by atomic mass is 19.4. The summed E-state index contributed by atoms with van der Waals surface area (Å²) in [5.41, 5.74) is -1.66. The Morgan fingerprint density at radius 1 is 1.17 bits per heavy atom. The van der Waals surface area contributed by atoms with Gasteiger partial charge in [-0.3, -0.25) is 4.79 Å². The van der Waals surface area contributed by atoms with Crippen LogP contribution in [0.15, 0.2) is 18.2 Å². The number of rotatable bonds is 3. The summed E-state index contributed by atoms with van der Waals surface area (Å²) in [6.45, 7) is 0. The molecule has 0 saturated heterocycles. The molecule has 0 radical (unpaired) electrons. The van der Waals surface area contributed by atoms with E-state index in [-0.39, 0.29) is 17.5 Å². The Hall–Kier alpha value is -2.05. The van der Waals surface area contributed by atoms with Crippen LogP contribution in [0.5, 0.6) is 0 Å². The largest absolute Gasteiger partial charge is 0.465 e. The zero-order valence-electron chi connectivity index (χ0n) is 12.7. The van der Waals surface area contributed by atoms with Gasteiger partial charge in [0.2, 0.25) is 5.91 Å². The van der Waals surface area contributed by atoms with Gasteiger partial charge >= 0.3 is 12.1 Å². The molecule has 1 amide bonds. The lowest BCUT2D eigenvalue weighted by molar-refractivity contribution is -0.138. The summed E-state index contributed by atoms with van der Waals surface area (Å²) in [6.07, 6.45) is -0.234. The average Bonchev–Trinajstić information content (AvgIpc) is 2.54. The smallest absolute Gasteiger partial charge is 0.417 e. The molecule has 7 heteroatoms. The molecule has 1 aliphatic carbocycles. The number of ether oxygens (including phenoxy) is 1. The highest BCUT2D eigenvalue weighted by Gasteiger charge is 2.36. The number of benzene rings is 1. The molecule has 0 unspecified atom stereocenters. The first-order valence-electron chi connectivity index (χ1n) is 7.43. The third kappa shape index (κ3) is 4.24. The van der Waals surface area contributed by atoms with Gasteiger partial charge in [-0.1, -0.05) is 19.3 Å². The van der Waals surface area contributed by atoms with Crippen LogP contribution in [-0.2, 0) is 15.7 Å². The van der Waals surface area contributed by atoms with E-state index in [1.165, 1.54) is 6.07 Å². The van der Waals surface area contributed by atoms with E-state index < -0.39 is 23.3 Å². The fraction of sp³-hybridized carbons (Fsp3) is 0.500. The van der Waals surface area contributed by atoms with Crippen molar-refractivity contribution in [1.82, 2.24) is 0 Å². The van der Waals surface area contributed by atoms with Crippen molar-refractivity contribution in [2.45, 2.75) is 38.3 Å². The van der Waals surface area contributed by atoms with E-state index in [2.05, 4.69) is 10.1 Å². The van der Waals surface area contributed by atoms with Gasteiger partial charge in [-0.25, -0.2) is 4.79 Å². The molecule has 0 atom stereocenters. The van der Waals surface area contributed by atoms with E-state index in [1.807, 2.05) is 0 Å². The second-order valence-corrected chi connectivity index (χ2v) is 5.57. The molecule has 1 aromatic carbocycles. The molecule has 1 saturated carbocycles. The first kappa shape index (κ1) is 17.3. The van der Waals surface area contributed by atoms with Gasteiger partial charge in [0, 0.05) is 11.6 Å². The molecule has 0 aromatic heterocycles. The number of carbonyl (C=O) groups excluding carboxylic acids is 2. The quantitative estimate of drug-likeness (QED) is 0.853. The Bertz CT molecular complexity index is 593. The number of nitrogens with one attached hydrogen (secondary N) is 1. The van der Waals surface area contributed by atoms with Crippen LogP contribution < -0.4 is 5.32 Å². The van der Waals surface area contributed by atoms with Gasteiger partial charge in [-0.2, -0.15) is 13.2 Å². The third-order valence-corrected chi connectivity index (χ3v) is 3.97. The predicted octanol–water partition coefficient (Wildman–Crippen LogP) is 4.01. The average molecular weight is 329 g/mol. The molecule has 0 heterocycles. The van der Waals surface area contributed by atoms with Crippen molar-refractivity contribution >= 4 is 17.6 Å². The van der Waals surface area contributed by atoms with E-state index >= 15 is 0 Å². The second-order valence-electron chi connectivity index (χ2n) is 5.57. The van der Waals surface area contributed by atoms with Gasteiger partial charge in [0.15, 0.2) is 0 Å². The first-order chi connectivity index (χ1) is 10.8. The highest BCUT2D eigenvalue weighted by Crippen LogP contribution is 2.34. The van der Waals surface area contributed by atoms with E-state index in [1.54, 1.807) is 0 Å². The summed E-state index contributed by atoms with van der Waals surface area (Å²) in [7, 11) is 1.02. The molecule has 2 rings (SSSR count). The maximum absolute atomic E-state index is 13.1. The van der Waals surface area contributed by atoms with Crippen LogP contribution in [0.25, 0.3) is 0 Å². The zero-order chi connectivity index (χ0) is 17.0. The summed E-state index contributed by atoms with van der Waals surface area (Å²) >= 11 is 0. The van der Waals surface area contributed by atoms with Gasteiger partial charge < -0.3 is 10.1 Å². The minimum atomic E-state index is -4.71. The lowest BCUT2D eigenvalue weighted by Gasteiger charge is -2.21. The number of methoxy groups -OCH3 is 1. The number of alkyl halides is 3. The fourth-order valence-corrected chi connectivity index (χ4v) is 2.75. The number of halogens is 3. The molecule has 1 aliphatic rings. The van der Waals surface area contributed by atoms with Crippen molar-refractivity contribution in [3.63, 3.8) is 0 Å². The highest BCUT2D eigenvalue weighted by molar-refractivity contribution is 5.95. The molecule has 0 spiro atoms. The molecule has 1 fully saturated rings. The van der Waals surface area contributed by atoms with Gasteiger partial charge in [-0.15, -0.1) is 0 Å². The zero-order valence-corrected chi connectivity index (χ0v) is 12.7. The van der Waals surface area contributed by atoms with Crippen molar-refractivity contribution in [2.75, 3.05) is 12.4 Å². The SMILES string of the molecule is COC(=O)c1ccc(NC(=O)C2CCCCC2)cc1C(F)(F)F. The number of carbonyl (C=O) groups is 2. The van der Waals surface area contributed by atoms with E-state index in [0.717, 1.165) is 51.3 Å². The summed E-state index contributed by atoms with van der Waals surface area (Å²) in [5.74, 6) is -1.51. The van der Waals surface area contributed by atoms with Crippen LogP contribution in [0.4, 0.5) is 18.9 Å². The topological polar surface area (TPSA) is 55.4 Å². The second kappa shape index (κ2) is 7.02. The number of esters is 1. The molecule has 23 heavy (non-hydrogen) atoms. The monoisotopic (exact) mass is 329 g/mol. The minimum absolute atomic E-state index is 0.0283. The molecular weight excluding hydrogens is 311 g/mol. The van der Waals surface area contributed by atoms with Crippen LogP contribution >= 0.6 is 0 Å². The molecule has 0 aliphatic heterocycles. The molecule has 1 aromatic rings. The van der Waals surface area contributed by atoms with Crippen molar-refractivity contribution in [3.8, 4) is 0 Å². The molecule has 126 valence electrons. The normalized spacial score (nSPS) is 16.0. The van der Waals surface area contributed by atoms with Crippen molar-refractivity contribution in [3.05, 3.63) is 29.3 Å². The Balaban J connectivity index is 2.23.